The molecule has 1 atom stereocenters. The van der Waals surface area contributed by atoms with Gasteiger partial charge in [0.2, 0.25) is 5.91 Å². The molecule has 114 valence electrons. The highest BCUT2D eigenvalue weighted by atomic mass is 35.5. The van der Waals surface area contributed by atoms with E-state index in [0.717, 1.165) is 11.4 Å². The van der Waals surface area contributed by atoms with Gasteiger partial charge in [-0.1, -0.05) is 0 Å². The molecule has 0 saturated heterocycles. The van der Waals surface area contributed by atoms with E-state index in [1.807, 2.05) is 0 Å². The number of amides is 2. The zero-order chi connectivity index (χ0) is 15.5. The summed E-state index contributed by atoms with van der Waals surface area (Å²) in [5.74, 6) is -0.518. The molecule has 2 rings (SSSR count). The highest BCUT2D eigenvalue weighted by Gasteiger charge is 2.56. The summed E-state index contributed by atoms with van der Waals surface area (Å²) in [6.45, 7) is 0.0180. The molecular formula is C13H15Cl2N3O3. The molecule has 0 heterocycles. The second-order valence-corrected chi connectivity index (χ2v) is 6.18. The van der Waals surface area contributed by atoms with Gasteiger partial charge in [0.05, 0.1) is 19.6 Å². The number of hydrogen-bond donors (Lipinski definition) is 3. The largest absolute Gasteiger partial charge is 0.497 e. The lowest BCUT2D eigenvalue weighted by Crippen LogP contribution is -2.45. The first-order valence-electron chi connectivity index (χ1n) is 6.27. The van der Waals surface area contributed by atoms with E-state index in [1.165, 1.54) is 0 Å². The Morgan fingerprint density at radius 2 is 1.90 bits per heavy atom. The fourth-order valence-electron chi connectivity index (χ4n) is 1.65. The van der Waals surface area contributed by atoms with Crippen molar-refractivity contribution in [2.75, 3.05) is 19.0 Å². The highest BCUT2D eigenvalue weighted by Crippen LogP contribution is 2.53. The first-order chi connectivity index (χ1) is 9.92. The Morgan fingerprint density at radius 1 is 1.29 bits per heavy atom. The van der Waals surface area contributed by atoms with Crippen molar-refractivity contribution in [3.8, 4) is 5.75 Å². The minimum absolute atomic E-state index is 0.0180. The van der Waals surface area contributed by atoms with E-state index in [2.05, 4.69) is 16.2 Å². The maximum atomic E-state index is 11.6. The van der Waals surface area contributed by atoms with Gasteiger partial charge in [-0.25, -0.2) is 0 Å². The third-order valence-electron chi connectivity index (χ3n) is 3.01. The fraction of sp³-hybridized carbons (Fsp3) is 0.385. The Kier molecular flexibility index (Phi) is 4.80. The zero-order valence-electron chi connectivity index (χ0n) is 11.3. The van der Waals surface area contributed by atoms with E-state index >= 15 is 0 Å². The van der Waals surface area contributed by atoms with E-state index in [4.69, 9.17) is 27.9 Å². The summed E-state index contributed by atoms with van der Waals surface area (Å²) in [5, 5.41) is 2.91. The van der Waals surface area contributed by atoms with Crippen LogP contribution in [0.15, 0.2) is 24.3 Å². The van der Waals surface area contributed by atoms with Gasteiger partial charge in [0.15, 0.2) is 0 Å². The SMILES string of the molecule is COc1ccc(NCC(=O)NNC(=O)[C@@H]2CC2(Cl)Cl)cc1. The number of hydrazine groups is 1. The molecule has 8 heteroatoms. The predicted octanol–water partition coefficient (Wildman–Crippen LogP) is 1.45. The third kappa shape index (κ3) is 4.41. The Hall–Kier alpha value is -1.66. The number of nitrogens with one attached hydrogen (secondary N) is 3. The van der Waals surface area contributed by atoms with Crippen molar-refractivity contribution in [3.05, 3.63) is 24.3 Å². The van der Waals surface area contributed by atoms with Crippen LogP contribution in [0.4, 0.5) is 5.69 Å². The molecule has 6 nitrogen and oxygen atoms in total. The van der Waals surface area contributed by atoms with Gasteiger partial charge >= 0.3 is 0 Å². The molecule has 1 saturated carbocycles. The van der Waals surface area contributed by atoms with Gasteiger partial charge in [-0.15, -0.1) is 23.2 Å². The number of methoxy groups -OCH3 is 1. The first-order valence-corrected chi connectivity index (χ1v) is 7.02. The van der Waals surface area contributed by atoms with Gasteiger partial charge in [0.25, 0.3) is 5.91 Å². The lowest BCUT2D eigenvalue weighted by atomic mass is 10.3. The van der Waals surface area contributed by atoms with Crippen LogP contribution in [0.2, 0.25) is 0 Å². The van der Waals surface area contributed by atoms with Crippen molar-refractivity contribution in [2.45, 2.75) is 10.8 Å². The topological polar surface area (TPSA) is 79.5 Å². The second kappa shape index (κ2) is 6.41. The van der Waals surface area contributed by atoms with Crippen LogP contribution in [0, 0.1) is 5.92 Å². The summed E-state index contributed by atoms with van der Waals surface area (Å²) >= 11 is 11.5. The zero-order valence-corrected chi connectivity index (χ0v) is 12.8. The Balaban J connectivity index is 1.68. The van der Waals surface area contributed by atoms with Crippen molar-refractivity contribution in [1.29, 1.82) is 0 Å². The van der Waals surface area contributed by atoms with Gasteiger partial charge in [-0.2, -0.15) is 0 Å². The van der Waals surface area contributed by atoms with Crippen molar-refractivity contribution in [1.82, 2.24) is 10.9 Å². The van der Waals surface area contributed by atoms with Gasteiger partial charge in [-0.3, -0.25) is 20.4 Å². The molecule has 0 spiro atoms. The summed E-state index contributed by atoms with van der Waals surface area (Å²) in [6.07, 6.45) is 0.391. The fourth-order valence-corrected chi connectivity index (χ4v) is 2.16. The van der Waals surface area contributed by atoms with Crippen molar-refractivity contribution < 1.29 is 14.3 Å². The maximum absolute atomic E-state index is 11.6. The predicted molar refractivity (Wildman–Crippen MR) is 80.3 cm³/mol. The number of carbonyl (C=O) groups excluding carboxylic acids is 2. The molecule has 0 aromatic heterocycles. The van der Waals surface area contributed by atoms with Crippen LogP contribution in [0.3, 0.4) is 0 Å². The summed E-state index contributed by atoms with van der Waals surface area (Å²) in [4.78, 5) is 23.1. The van der Waals surface area contributed by atoms with Gasteiger partial charge < -0.3 is 10.1 Å². The number of halogens is 2. The molecule has 21 heavy (non-hydrogen) atoms. The number of carbonyl (C=O) groups is 2. The lowest BCUT2D eigenvalue weighted by Gasteiger charge is -2.09. The standard InChI is InChI=1S/C13H15Cl2N3O3/c1-21-9-4-2-8(3-5-9)16-7-11(19)17-18-12(20)10-6-13(10,14)15/h2-5,10,16H,6-7H2,1H3,(H,17,19)(H,18,20)/t10-/m0/s1. The van der Waals surface area contributed by atoms with Crippen LogP contribution < -0.4 is 20.9 Å². The van der Waals surface area contributed by atoms with Crippen LogP contribution in [0.5, 0.6) is 5.75 Å². The minimum atomic E-state index is -1.00. The van der Waals surface area contributed by atoms with Gasteiger partial charge in [-0.05, 0) is 30.7 Å². The molecule has 0 aliphatic heterocycles. The van der Waals surface area contributed by atoms with Crippen molar-refractivity contribution >= 4 is 40.7 Å². The number of benzene rings is 1. The molecule has 1 aromatic rings. The summed E-state index contributed by atoms with van der Waals surface area (Å²) in [5.41, 5.74) is 5.34. The molecule has 0 unspecified atom stereocenters. The molecule has 3 N–H and O–H groups in total. The van der Waals surface area contributed by atoms with Crippen LogP contribution in [0.1, 0.15) is 6.42 Å². The minimum Gasteiger partial charge on any atom is -0.497 e. The molecule has 1 aromatic carbocycles. The van der Waals surface area contributed by atoms with Crippen LogP contribution in [-0.4, -0.2) is 29.8 Å². The van der Waals surface area contributed by atoms with E-state index in [-0.39, 0.29) is 12.5 Å². The summed E-state index contributed by atoms with van der Waals surface area (Å²) in [7, 11) is 1.58. The number of rotatable bonds is 5. The van der Waals surface area contributed by atoms with Crippen molar-refractivity contribution in [3.63, 3.8) is 0 Å². The van der Waals surface area contributed by atoms with Crippen LogP contribution >= 0.6 is 23.2 Å². The molecule has 1 aliphatic carbocycles. The number of ether oxygens (including phenoxy) is 1. The van der Waals surface area contributed by atoms with E-state index in [9.17, 15) is 9.59 Å². The summed E-state index contributed by atoms with van der Waals surface area (Å²) < 4.78 is 4.02. The third-order valence-corrected chi connectivity index (χ3v) is 3.85. The van der Waals surface area contributed by atoms with E-state index in [0.29, 0.717) is 6.42 Å². The number of anilines is 1. The first kappa shape index (κ1) is 15.7. The Morgan fingerprint density at radius 3 is 2.43 bits per heavy atom. The number of alkyl halides is 2. The molecule has 1 aliphatic rings. The number of hydrogen-bond acceptors (Lipinski definition) is 4. The van der Waals surface area contributed by atoms with Gasteiger partial charge in [0.1, 0.15) is 10.1 Å². The molecular weight excluding hydrogens is 317 g/mol. The van der Waals surface area contributed by atoms with Crippen LogP contribution in [-0.2, 0) is 9.59 Å². The smallest absolute Gasteiger partial charge is 0.257 e. The van der Waals surface area contributed by atoms with Crippen LogP contribution in [0.25, 0.3) is 0 Å². The van der Waals surface area contributed by atoms with Crippen molar-refractivity contribution in [2.24, 2.45) is 5.92 Å². The average Bonchev–Trinajstić information content (AvgIpc) is 3.12. The molecule has 1 fully saturated rings. The Bertz CT molecular complexity index is 534. The van der Waals surface area contributed by atoms with E-state index < -0.39 is 16.2 Å². The van der Waals surface area contributed by atoms with E-state index in [1.54, 1.807) is 31.4 Å². The quantitative estimate of drug-likeness (QED) is 0.563. The molecule has 2 amide bonds. The molecule has 0 radical (unpaired) electrons. The monoisotopic (exact) mass is 331 g/mol. The lowest BCUT2D eigenvalue weighted by molar-refractivity contribution is -0.128. The Labute approximate surface area is 132 Å². The maximum Gasteiger partial charge on any atom is 0.257 e. The highest BCUT2D eigenvalue weighted by molar-refractivity contribution is 6.52. The van der Waals surface area contributed by atoms with Gasteiger partial charge in [0, 0.05) is 5.69 Å². The molecule has 0 bridgehead atoms. The summed E-state index contributed by atoms with van der Waals surface area (Å²) in [6, 6.07) is 7.11. The normalized spacial score (nSPS) is 18.5. The second-order valence-electron chi connectivity index (χ2n) is 4.64. The average molecular weight is 332 g/mol.